The lowest BCUT2D eigenvalue weighted by atomic mass is 10.1. The first-order valence-corrected chi connectivity index (χ1v) is 9.88. The molecule has 1 aromatic heterocycles. The van der Waals surface area contributed by atoms with E-state index in [1.165, 1.54) is 11.8 Å². The van der Waals surface area contributed by atoms with E-state index in [9.17, 15) is 14.9 Å². The summed E-state index contributed by atoms with van der Waals surface area (Å²) < 4.78 is 1.60. The smallest absolute Gasteiger partial charge is 0.368 e. The molecule has 3 aromatic rings. The van der Waals surface area contributed by atoms with Crippen LogP contribution in [0, 0.1) is 17.0 Å². The SMILES string of the molecule is Cc1cc([N+](=O)[O-])nn1Cc1ccc(C(=O)N2CCN(c3ccccc3)CC2)cc1. The second-order valence-corrected chi connectivity index (χ2v) is 7.37. The van der Waals surface area contributed by atoms with Gasteiger partial charge in [0.2, 0.25) is 0 Å². The van der Waals surface area contributed by atoms with Crippen LogP contribution in [0.1, 0.15) is 21.6 Å². The summed E-state index contributed by atoms with van der Waals surface area (Å²) in [6.07, 6.45) is 0. The molecule has 1 aliphatic heterocycles. The maximum Gasteiger partial charge on any atom is 0.390 e. The van der Waals surface area contributed by atoms with Gasteiger partial charge in [-0.1, -0.05) is 30.3 Å². The highest BCUT2D eigenvalue weighted by Gasteiger charge is 2.22. The molecular weight excluding hydrogens is 382 g/mol. The van der Waals surface area contributed by atoms with Crippen LogP contribution in [-0.2, 0) is 6.54 Å². The van der Waals surface area contributed by atoms with Crippen LogP contribution in [0.2, 0.25) is 0 Å². The van der Waals surface area contributed by atoms with Crippen LogP contribution >= 0.6 is 0 Å². The minimum Gasteiger partial charge on any atom is -0.368 e. The largest absolute Gasteiger partial charge is 0.390 e. The van der Waals surface area contributed by atoms with E-state index < -0.39 is 4.92 Å². The molecule has 1 amide bonds. The first-order chi connectivity index (χ1) is 14.5. The molecule has 2 aromatic carbocycles. The van der Waals surface area contributed by atoms with Crippen molar-refractivity contribution >= 4 is 17.4 Å². The van der Waals surface area contributed by atoms with Gasteiger partial charge in [-0.15, -0.1) is 0 Å². The summed E-state index contributed by atoms with van der Waals surface area (Å²) in [5.41, 5.74) is 3.48. The van der Waals surface area contributed by atoms with Gasteiger partial charge in [0, 0.05) is 37.4 Å². The molecule has 30 heavy (non-hydrogen) atoms. The Morgan fingerprint density at radius 1 is 1.03 bits per heavy atom. The molecule has 8 nitrogen and oxygen atoms in total. The highest BCUT2D eigenvalue weighted by molar-refractivity contribution is 5.94. The van der Waals surface area contributed by atoms with Crippen molar-refractivity contribution in [1.82, 2.24) is 14.7 Å². The Kier molecular flexibility index (Phi) is 5.47. The molecule has 0 atom stereocenters. The Hall–Kier alpha value is -3.68. The molecule has 0 spiro atoms. The van der Waals surface area contributed by atoms with Crippen LogP contribution in [0.3, 0.4) is 0 Å². The number of carbonyl (C=O) groups excluding carboxylic acids is 1. The number of amides is 1. The summed E-state index contributed by atoms with van der Waals surface area (Å²) in [4.78, 5) is 27.4. The number of carbonyl (C=O) groups is 1. The van der Waals surface area contributed by atoms with Crippen LogP contribution in [0.25, 0.3) is 0 Å². The van der Waals surface area contributed by atoms with Crippen LogP contribution in [0.4, 0.5) is 11.5 Å². The highest BCUT2D eigenvalue weighted by atomic mass is 16.6. The highest BCUT2D eigenvalue weighted by Crippen LogP contribution is 2.18. The number of hydrogen-bond acceptors (Lipinski definition) is 5. The number of nitro groups is 1. The molecule has 8 heteroatoms. The van der Waals surface area contributed by atoms with E-state index >= 15 is 0 Å². The number of para-hydroxylation sites is 1. The van der Waals surface area contributed by atoms with Crippen LogP contribution in [-0.4, -0.2) is 51.7 Å². The first-order valence-electron chi connectivity index (χ1n) is 9.88. The molecule has 4 rings (SSSR count). The maximum atomic E-state index is 12.9. The van der Waals surface area contributed by atoms with Crippen molar-refractivity contribution < 1.29 is 9.72 Å². The van der Waals surface area contributed by atoms with Crippen molar-refractivity contribution in [3.8, 4) is 0 Å². The fourth-order valence-corrected chi connectivity index (χ4v) is 3.66. The van der Waals surface area contributed by atoms with E-state index in [-0.39, 0.29) is 11.7 Å². The van der Waals surface area contributed by atoms with Gasteiger partial charge >= 0.3 is 5.82 Å². The maximum absolute atomic E-state index is 12.9. The van der Waals surface area contributed by atoms with Crippen LogP contribution in [0.5, 0.6) is 0 Å². The van der Waals surface area contributed by atoms with E-state index in [0.29, 0.717) is 25.2 Å². The summed E-state index contributed by atoms with van der Waals surface area (Å²) in [5, 5.41) is 14.9. The van der Waals surface area contributed by atoms with Crippen LogP contribution in [0.15, 0.2) is 60.7 Å². The number of benzene rings is 2. The number of aryl methyl sites for hydroxylation is 1. The molecule has 1 aliphatic rings. The Labute approximate surface area is 174 Å². The van der Waals surface area contributed by atoms with Gasteiger partial charge < -0.3 is 19.9 Å². The second-order valence-electron chi connectivity index (χ2n) is 7.37. The van der Waals surface area contributed by atoms with Gasteiger partial charge in [0.05, 0.1) is 23.4 Å². The van der Waals surface area contributed by atoms with Crippen molar-refractivity contribution in [2.75, 3.05) is 31.1 Å². The number of aromatic nitrogens is 2. The predicted octanol–water partition coefficient (Wildman–Crippen LogP) is 3.11. The molecule has 1 saturated heterocycles. The summed E-state index contributed by atoms with van der Waals surface area (Å²) in [7, 11) is 0. The molecule has 0 unspecified atom stereocenters. The van der Waals surface area contributed by atoms with Crippen molar-refractivity contribution in [2.45, 2.75) is 13.5 Å². The fraction of sp³-hybridized carbons (Fsp3) is 0.273. The summed E-state index contributed by atoms with van der Waals surface area (Å²) in [5.74, 6) is -0.130. The molecule has 0 aliphatic carbocycles. The minimum atomic E-state index is -0.497. The van der Waals surface area contributed by atoms with Gasteiger partial charge in [0.25, 0.3) is 5.91 Å². The third-order valence-corrected chi connectivity index (χ3v) is 5.38. The molecule has 0 radical (unpaired) electrons. The first kappa shape index (κ1) is 19.6. The molecular formula is C22H23N5O3. The van der Waals surface area contributed by atoms with Gasteiger partial charge in [0.1, 0.15) is 0 Å². The molecule has 0 saturated carbocycles. The van der Waals surface area contributed by atoms with Gasteiger partial charge in [-0.3, -0.25) is 4.79 Å². The summed E-state index contributed by atoms with van der Waals surface area (Å²) in [6.45, 7) is 5.20. The van der Waals surface area contributed by atoms with E-state index in [0.717, 1.165) is 24.3 Å². The number of nitrogens with zero attached hydrogens (tertiary/aromatic N) is 5. The standard InChI is InChI=1S/C22H23N5O3/c1-17-15-21(27(29)30)23-26(17)16-18-7-9-19(10-8-18)22(28)25-13-11-24(12-14-25)20-5-3-2-4-6-20/h2-10,15H,11-14,16H2,1H3. The second kappa shape index (κ2) is 8.36. The quantitative estimate of drug-likeness (QED) is 0.481. The Bertz CT molecular complexity index is 1040. The van der Waals surface area contributed by atoms with Crippen LogP contribution < -0.4 is 4.90 Å². The van der Waals surface area contributed by atoms with Gasteiger partial charge in [-0.2, -0.15) is 4.68 Å². The Morgan fingerprint density at radius 3 is 2.30 bits per heavy atom. The zero-order chi connectivity index (χ0) is 21.1. The number of piperazine rings is 1. The van der Waals surface area contributed by atoms with E-state index in [4.69, 9.17) is 0 Å². The predicted molar refractivity (Wildman–Crippen MR) is 114 cm³/mol. The minimum absolute atomic E-state index is 0.0279. The molecule has 154 valence electrons. The lowest BCUT2D eigenvalue weighted by molar-refractivity contribution is -0.389. The Balaban J connectivity index is 1.37. The van der Waals surface area contributed by atoms with E-state index in [2.05, 4.69) is 22.1 Å². The van der Waals surface area contributed by atoms with Crippen molar-refractivity contribution in [3.05, 3.63) is 87.6 Å². The zero-order valence-corrected chi connectivity index (χ0v) is 16.8. The van der Waals surface area contributed by atoms with E-state index in [1.54, 1.807) is 11.6 Å². The lowest BCUT2D eigenvalue weighted by Crippen LogP contribution is -2.48. The molecule has 0 bridgehead atoms. The lowest BCUT2D eigenvalue weighted by Gasteiger charge is -2.36. The average Bonchev–Trinajstić information content (AvgIpc) is 3.15. The van der Waals surface area contributed by atoms with Crippen molar-refractivity contribution in [3.63, 3.8) is 0 Å². The van der Waals surface area contributed by atoms with Crippen molar-refractivity contribution in [2.24, 2.45) is 0 Å². The average molecular weight is 405 g/mol. The molecule has 1 fully saturated rings. The normalized spacial score (nSPS) is 14.0. The Morgan fingerprint density at radius 2 is 1.70 bits per heavy atom. The zero-order valence-electron chi connectivity index (χ0n) is 16.8. The third-order valence-electron chi connectivity index (χ3n) is 5.38. The molecule has 2 heterocycles. The topological polar surface area (TPSA) is 84.5 Å². The third kappa shape index (κ3) is 4.17. The van der Waals surface area contributed by atoms with Gasteiger partial charge in [0.15, 0.2) is 0 Å². The van der Waals surface area contributed by atoms with Gasteiger partial charge in [-0.05, 0) is 41.7 Å². The number of rotatable bonds is 5. The fourth-order valence-electron chi connectivity index (χ4n) is 3.66. The van der Waals surface area contributed by atoms with E-state index in [1.807, 2.05) is 47.4 Å². The summed E-state index contributed by atoms with van der Waals surface area (Å²) >= 11 is 0. The van der Waals surface area contributed by atoms with Gasteiger partial charge in [-0.25, -0.2) is 0 Å². The molecule has 0 N–H and O–H groups in total. The summed E-state index contributed by atoms with van der Waals surface area (Å²) in [6, 6.07) is 19.1. The number of anilines is 1. The van der Waals surface area contributed by atoms with Crippen molar-refractivity contribution in [1.29, 1.82) is 0 Å². The number of hydrogen-bond donors (Lipinski definition) is 0. The monoisotopic (exact) mass is 405 g/mol.